The third-order valence-electron chi connectivity index (χ3n) is 4.97. The fourth-order valence-corrected chi connectivity index (χ4v) is 3.46. The van der Waals surface area contributed by atoms with E-state index in [1.54, 1.807) is 7.11 Å². The molecule has 1 aliphatic heterocycles. The van der Waals surface area contributed by atoms with E-state index in [-0.39, 0.29) is 0 Å². The Morgan fingerprint density at radius 1 is 0.846 bits per heavy atom. The van der Waals surface area contributed by atoms with Gasteiger partial charge in [0.15, 0.2) is 0 Å². The van der Waals surface area contributed by atoms with E-state index in [9.17, 15) is 0 Å². The van der Waals surface area contributed by atoms with E-state index >= 15 is 0 Å². The maximum Gasteiger partial charge on any atom is 0.119 e. The van der Waals surface area contributed by atoms with Crippen molar-refractivity contribution in [3.8, 4) is 5.75 Å². The van der Waals surface area contributed by atoms with Crippen LogP contribution in [0.15, 0.2) is 48.5 Å². The molecule has 3 aromatic rings. The molecule has 2 heterocycles. The van der Waals surface area contributed by atoms with E-state index in [1.165, 1.54) is 5.69 Å². The second-order valence-electron chi connectivity index (χ2n) is 6.66. The van der Waals surface area contributed by atoms with Crippen molar-refractivity contribution in [2.75, 3.05) is 44.7 Å². The minimum Gasteiger partial charge on any atom is -0.497 e. The molecule has 1 saturated heterocycles. The van der Waals surface area contributed by atoms with Gasteiger partial charge in [0.1, 0.15) is 16.8 Å². The second-order valence-corrected chi connectivity index (χ2v) is 6.66. The highest BCUT2D eigenvalue weighted by molar-refractivity contribution is 5.72. The van der Waals surface area contributed by atoms with Gasteiger partial charge < -0.3 is 9.64 Å². The van der Waals surface area contributed by atoms with Crippen molar-refractivity contribution in [2.45, 2.75) is 13.0 Å². The fourth-order valence-electron chi connectivity index (χ4n) is 3.46. The Hall–Kier alpha value is -2.60. The van der Waals surface area contributed by atoms with E-state index in [0.717, 1.165) is 62.5 Å². The minimum atomic E-state index is 0.868. The SMILES string of the molecule is COc1ccc(N2CCN(CCCn3nc4ccccc4n3)CC2)cc1. The molecular weight excluding hydrogens is 326 g/mol. The van der Waals surface area contributed by atoms with Gasteiger partial charge in [0.2, 0.25) is 0 Å². The highest BCUT2D eigenvalue weighted by Gasteiger charge is 2.17. The summed E-state index contributed by atoms with van der Waals surface area (Å²) in [4.78, 5) is 6.80. The molecule has 1 aromatic heterocycles. The molecule has 136 valence electrons. The van der Waals surface area contributed by atoms with Crippen molar-refractivity contribution < 1.29 is 4.74 Å². The van der Waals surface area contributed by atoms with Gasteiger partial charge in [-0.05, 0) is 42.8 Å². The molecule has 0 aliphatic carbocycles. The lowest BCUT2D eigenvalue weighted by Crippen LogP contribution is -2.46. The summed E-state index contributed by atoms with van der Waals surface area (Å²) in [5.41, 5.74) is 3.22. The van der Waals surface area contributed by atoms with Gasteiger partial charge in [0.05, 0.1) is 13.7 Å². The number of fused-ring (bicyclic) bond motifs is 1. The van der Waals surface area contributed by atoms with E-state index in [2.05, 4.69) is 32.1 Å². The van der Waals surface area contributed by atoms with Crippen LogP contribution in [0.25, 0.3) is 11.0 Å². The van der Waals surface area contributed by atoms with Gasteiger partial charge in [-0.25, -0.2) is 0 Å². The van der Waals surface area contributed by atoms with Crippen LogP contribution in [0.1, 0.15) is 6.42 Å². The van der Waals surface area contributed by atoms with E-state index in [4.69, 9.17) is 4.74 Å². The molecule has 0 saturated carbocycles. The van der Waals surface area contributed by atoms with Crippen LogP contribution in [-0.2, 0) is 6.54 Å². The fraction of sp³-hybridized carbons (Fsp3) is 0.400. The van der Waals surface area contributed by atoms with Crippen molar-refractivity contribution in [3.63, 3.8) is 0 Å². The molecule has 6 heteroatoms. The summed E-state index contributed by atoms with van der Waals surface area (Å²) in [5.74, 6) is 0.910. The molecule has 0 unspecified atom stereocenters. The lowest BCUT2D eigenvalue weighted by Gasteiger charge is -2.36. The molecular formula is C20H25N5O. The maximum atomic E-state index is 5.23. The number of benzene rings is 2. The highest BCUT2D eigenvalue weighted by Crippen LogP contribution is 2.20. The molecule has 0 radical (unpaired) electrons. The summed E-state index contributed by atoms with van der Waals surface area (Å²) in [6.45, 7) is 6.29. The van der Waals surface area contributed by atoms with Crippen molar-refractivity contribution in [2.24, 2.45) is 0 Å². The molecule has 0 bridgehead atoms. The smallest absolute Gasteiger partial charge is 0.119 e. The van der Waals surface area contributed by atoms with Gasteiger partial charge in [-0.1, -0.05) is 12.1 Å². The predicted molar refractivity (Wildman–Crippen MR) is 104 cm³/mol. The lowest BCUT2D eigenvalue weighted by molar-refractivity contribution is 0.247. The quantitative estimate of drug-likeness (QED) is 0.683. The maximum absolute atomic E-state index is 5.23. The molecule has 4 rings (SSSR count). The first-order valence-corrected chi connectivity index (χ1v) is 9.23. The summed E-state index contributed by atoms with van der Waals surface area (Å²) in [6.07, 6.45) is 1.07. The predicted octanol–water partition coefficient (Wildman–Crippen LogP) is 2.65. The summed E-state index contributed by atoms with van der Waals surface area (Å²) in [6, 6.07) is 16.4. The minimum absolute atomic E-state index is 0.868. The monoisotopic (exact) mass is 351 g/mol. The number of piperazine rings is 1. The van der Waals surface area contributed by atoms with Crippen LogP contribution >= 0.6 is 0 Å². The van der Waals surface area contributed by atoms with Gasteiger partial charge in [0, 0.05) is 38.4 Å². The molecule has 1 aliphatic rings. The number of hydrogen-bond acceptors (Lipinski definition) is 5. The van der Waals surface area contributed by atoms with Crippen LogP contribution in [0.5, 0.6) is 5.75 Å². The average molecular weight is 351 g/mol. The molecule has 0 amide bonds. The number of nitrogens with zero attached hydrogens (tertiary/aromatic N) is 5. The van der Waals surface area contributed by atoms with Crippen molar-refractivity contribution in [1.29, 1.82) is 0 Å². The first kappa shape index (κ1) is 16.8. The van der Waals surface area contributed by atoms with Gasteiger partial charge in [-0.15, -0.1) is 0 Å². The number of aryl methyl sites for hydroxylation is 1. The Morgan fingerprint density at radius 2 is 1.50 bits per heavy atom. The van der Waals surface area contributed by atoms with Crippen LogP contribution in [-0.4, -0.2) is 59.7 Å². The molecule has 0 atom stereocenters. The van der Waals surface area contributed by atoms with Crippen molar-refractivity contribution >= 4 is 16.7 Å². The molecule has 2 aromatic carbocycles. The topological polar surface area (TPSA) is 46.4 Å². The summed E-state index contributed by atoms with van der Waals surface area (Å²) in [7, 11) is 1.70. The van der Waals surface area contributed by atoms with E-state index in [0.29, 0.717) is 0 Å². The van der Waals surface area contributed by atoms with Gasteiger partial charge >= 0.3 is 0 Å². The van der Waals surface area contributed by atoms with Crippen LogP contribution in [0.2, 0.25) is 0 Å². The summed E-state index contributed by atoms with van der Waals surface area (Å²) < 4.78 is 5.23. The molecule has 0 N–H and O–H groups in total. The Labute approximate surface area is 154 Å². The Bertz CT molecular complexity index is 804. The van der Waals surface area contributed by atoms with Gasteiger partial charge in [-0.3, -0.25) is 4.90 Å². The Kier molecular flexibility index (Phi) is 5.02. The van der Waals surface area contributed by atoms with Crippen molar-refractivity contribution in [1.82, 2.24) is 19.9 Å². The highest BCUT2D eigenvalue weighted by atomic mass is 16.5. The largest absolute Gasteiger partial charge is 0.497 e. The number of aromatic nitrogens is 3. The van der Waals surface area contributed by atoms with Crippen LogP contribution in [0, 0.1) is 0 Å². The molecule has 0 spiro atoms. The number of hydrogen-bond donors (Lipinski definition) is 0. The zero-order chi connectivity index (χ0) is 17.8. The van der Waals surface area contributed by atoms with E-state index in [1.807, 2.05) is 41.2 Å². The first-order valence-electron chi connectivity index (χ1n) is 9.23. The lowest BCUT2D eigenvalue weighted by atomic mass is 10.2. The van der Waals surface area contributed by atoms with Crippen molar-refractivity contribution in [3.05, 3.63) is 48.5 Å². The van der Waals surface area contributed by atoms with Crippen LogP contribution < -0.4 is 9.64 Å². The zero-order valence-electron chi connectivity index (χ0n) is 15.2. The molecule has 26 heavy (non-hydrogen) atoms. The van der Waals surface area contributed by atoms with E-state index < -0.39 is 0 Å². The number of rotatable bonds is 6. The number of ether oxygens (including phenoxy) is 1. The van der Waals surface area contributed by atoms with Crippen LogP contribution in [0.3, 0.4) is 0 Å². The Balaban J connectivity index is 1.23. The average Bonchev–Trinajstić information content (AvgIpc) is 3.11. The number of methoxy groups -OCH3 is 1. The molecule has 6 nitrogen and oxygen atoms in total. The molecule has 1 fully saturated rings. The van der Waals surface area contributed by atoms with Crippen LogP contribution in [0.4, 0.5) is 5.69 Å². The van der Waals surface area contributed by atoms with Gasteiger partial charge in [0.25, 0.3) is 0 Å². The zero-order valence-corrected chi connectivity index (χ0v) is 15.2. The van der Waals surface area contributed by atoms with Gasteiger partial charge in [-0.2, -0.15) is 15.0 Å². The third kappa shape index (κ3) is 3.80. The second kappa shape index (κ2) is 7.74. The Morgan fingerprint density at radius 3 is 2.12 bits per heavy atom. The standard InChI is InChI=1S/C20H25N5O/c1-26-18-9-7-17(8-10-18)24-15-13-23(14-16-24)11-4-12-25-21-19-5-2-3-6-20(19)22-25/h2-3,5-10H,4,11-16H2,1H3. The summed E-state index contributed by atoms with van der Waals surface area (Å²) in [5, 5.41) is 9.06. The third-order valence-corrected chi connectivity index (χ3v) is 4.97. The first-order chi connectivity index (χ1) is 12.8. The number of anilines is 1. The normalized spacial score (nSPS) is 15.5. The summed E-state index contributed by atoms with van der Waals surface area (Å²) >= 11 is 0.